The number of para-hydroxylation sites is 1. The van der Waals surface area contributed by atoms with Gasteiger partial charge in [0.05, 0.1) is 23.1 Å². The Bertz CT molecular complexity index is 2420. The van der Waals surface area contributed by atoms with Crippen molar-refractivity contribution in [3.63, 3.8) is 0 Å². The lowest BCUT2D eigenvalue weighted by molar-refractivity contribution is 0.745. The summed E-state index contributed by atoms with van der Waals surface area (Å²) in [4.78, 5) is 12.7. The SMILES string of the molecule is C/C=C\c1cc2c(c3cccc(Nc4cccc(-c5nc(C6=CCCC=C6)cc(-c6ccccc6)n5)c4)c13)N(c1ccccc1)C1C=CC=CC21. The zero-order chi connectivity index (χ0) is 34.1. The minimum Gasteiger partial charge on any atom is -0.355 e. The maximum atomic E-state index is 5.12. The van der Waals surface area contributed by atoms with Gasteiger partial charge >= 0.3 is 0 Å². The molecule has 0 radical (unpaired) electrons. The fourth-order valence-electron chi connectivity index (χ4n) is 7.81. The molecule has 0 bridgehead atoms. The van der Waals surface area contributed by atoms with Crippen LogP contribution in [0.5, 0.6) is 0 Å². The molecule has 2 unspecified atom stereocenters. The predicted octanol–water partition coefficient (Wildman–Crippen LogP) is 12.2. The van der Waals surface area contributed by atoms with Crippen LogP contribution in [0.3, 0.4) is 0 Å². The molecule has 6 aromatic rings. The first kappa shape index (κ1) is 30.8. The van der Waals surface area contributed by atoms with Gasteiger partial charge in [-0.05, 0) is 78.9 Å². The van der Waals surface area contributed by atoms with Crippen LogP contribution < -0.4 is 10.2 Å². The third-order valence-electron chi connectivity index (χ3n) is 10.1. The number of nitrogens with zero attached hydrogens (tertiary/aromatic N) is 3. The molecular weight excluding hydrogens is 621 g/mol. The highest BCUT2D eigenvalue weighted by Gasteiger charge is 2.39. The summed E-state index contributed by atoms with van der Waals surface area (Å²) in [5.41, 5.74) is 12.1. The van der Waals surface area contributed by atoms with Crippen molar-refractivity contribution in [2.75, 3.05) is 10.2 Å². The number of hydrogen-bond acceptors (Lipinski definition) is 4. The quantitative estimate of drug-likeness (QED) is 0.185. The van der Waals surface area contributed by atoms with Gasteiger partial charge in [0.25, 0.3) is 0 Å². The maximum absolute atomic E-state index is 5.12. The number of rotatable bonds is 7. The summed E-state index contributed by atoms with van der Waals surface area (Å²) >= 11 is 0. The van der Waals surface area contributed by atoms with E-state index in [9.17, 15) is 0 Å². The fourth-order valence-corrected chi connectivity index (χ4v) is 7.81. The second-order valence-electron chi connectivity index (χ2n) is 13.3. The highest BCUT2D eigenvalue weighted by atomic mass is 15.2. The summed E-state index contributed by atoms with van der Waals surface area (Å²) in [6.07, 6.45) is 22.2. The third-order valence-corrected chi connectivity index (χ3v) is 10.1. The van der Waals surface area contributed by atoms with E-state index in [0.29, 0.717) is 5.82 Å². The van der Waals surface area contributed by atoms with Crippen LogP contribution in [-0.4, -0.2) is 16.0 Å². The molecule has 3 aliphatic rings. The normalized spacial score (nSPS) is 17.5. The van der Waals surface area contributed by atoms with E-state index >= 15 is 0 Å². The average molecular weight is 659 g/mol. The molecule has 0 spiro atoms. The van der Waals surface area contributed by atoms with E-state index in [1.54, 1.807) is 0 Å². The minimum absolute atomic E-state index is 0.223. The Hall–Kier alpha value is -6.26. The number of allylic oxidation sites excluding steroid dienone is 7. The van der Waals surface area contributed by atoms with Crippen LogP contribution in [0.1, 0.15) is 42.5 Å². The fraction of sp³-hybridized carbons (Fsp3) is 0.106. The van der Waals surface area contributed by atoms with Crippen molar-refractivity contribution >= 4 is 45.2 Å². The Labute approximate surface area is 299 Å². The van der Waals surface area contributed by atoms with Crippen LogP contribution in [0.25, 0.3) is 45.1 Å². The number of benzene rings is 5. The number of nitrogens with one attached hydrogen (secondary N) is 1. The summed E-state index contributed by atoms with van der Waals surface area (Å²) in [6.45, 7) is 2.10. The van der Waals surface area contributed by atoms with Crippen LogP contribution in [0.15, 0.2) is 164 Å². The minimum atomic E-state index is 0.223. The second kappa shape index (κ2) is 13.2. The lowest BCUT2D eigenvalue weighted by Gasteiger charge is -2.29. The molecule has 246 valence electrons. The number of anilines is 4. The molecular formula is C47H38N4. The Balaban J connectivity index is 1.16. The average Bonchev–Trinajstić information content (AvgIpc) is 3.53. The van der Waals surface area contributed by atoms with Gasteiger partial charge < -0.3 is 10.2 Å². The van der Waals surface area contributed by atoms with E-state index in [1.165, 1.54) is 33.3 Å². The summed E-state index contributed by atoms with van der Waals surface area (Å²) in [5.74, 6) is 0.991. The lowest BCUT2D eigenvalue weighted by atomic mass is 9.88. The zero-order valence-electron chi connectivity index (χ0n) is 28.6. The van der Waals surface area contributed by atoms with Gasteiger partial charge in [0.2, 0.25) is 0 Å². The van der Waals surface area contributed by atoms with Crippen LogP contribution in [0, 0.1) is 0 Å². The smallest absolute Gasteiger partial charge is 0.160 e. The molecule has 4 nitrogen and oxygen atoms in total. The van der Waals surface area contributed by atoms with Gasteiger partial charge in [-0.2, -0.15) is 0 Å². The Morgan fingerprint density at radius 1 is 0.745 bits per heavy atom. The first-order chi connectivity index (χ1) is 25.2. The summed E-state index contributed by atoms with van der Waals surface area (Å²) in [7, 11) is 0. The molecule has 0 saturated heterocycles. The molecule has 2 atom stereocenters. The van der Waals surface area contributed by atoms with Gasteiger partial charge in [0, 0.05) is 44.9 Å². The van der Waals surface area contributed by atoms with E-state index in [2.05, 4.69) is 181 Å². The van der Waals surface area contributed by atoms with Crippen molar-refractivity contribution in [2.24, 2.45) is 0 Å². The van der Waals surface area contributed by atoms with Gasteiger partial charge in [-0.15, -0.1) is 0 Å². The predicted molar refractivity (Wildman–Crippen MR) is 215 cm³/mol. The van der Waals surface area contributed by atoms with Crippen molar-refractivity contribution < 1.29 is 0 Å². The van der Waals surface area contributed by atoms with Crippen molar-refractivity contribution in [3.8, 4) is 22.6 Å². The first-order valence-electron chi connectivity index (χ1n) is 17.9. The molecule has 4 heteroatoms. The van der Waals surface area contributed by atoms with E-state index in [1.807, 2.05) is 6.07 Å². The molecule has 2 heterocycles. The van der Waals surface area contributed by atoms with Crippen molar-refractivity contribution in [2.45, 2.75) is 31.7 Å². The van der Waals surface area contributed by atoms with Crippen LogP contribution in [0.2, 0.25) is 0 Å². The molecule has 0 fully saturated rings. The molecule has 1 N–H and O–H groups in total. The molecule has 5 aromatic carbocycles. The third kappa shape index (κ3) is 5.69. The molecule has 0 saturated carbocycles. The van der Waals surface area contributed by atoms with Crippen LogP contribution >= 0.6 is 0 Å². The van der Waals surface area contributed by atoms with E-state index < -0.39 is 0 Å². The molecule has 9 rings (SSSR count). The Kier molecular flexibility index (Phi) is 7.98. The summed E-state index contributed by atoms with van der Waals surface area (Å²) in [6, 6.07) is 41.0. The van der Waals surface area contributed by atoms with Gasteiger partial charge in [-0.3, -0.25) is 0 Å². The molecule has 1 aliphatic heterocycles. The van der Waals surface area contributed by atoms with Crippen molar-refractivity contribution in [1.82, 2.24) is 9.97 Å². The van der Waals surface area contributed by atoms with Gasteiger partial charge in [-0.25, -0.2) is 9.97 Å². The van der Waals surface area contributed by atoms with Gasteiger partial charge in [0.15, 0.2) is 5.82 Å². The molecule has 2 aliphatic carbocycles. The van der Waals surface area contributed by atoms with Gasteiger partial charge in [0.1, 0.15) is 0 Å². The number of fused-ring (bicyclic) bond motifs is 5. The highest BCUT2D eigenvalue weighted by molar-refractivity contribution is 6.10. The summed E-state index contributed by atoms with van der Waals surface area (Å²) < 4.78 is 0. The standard InChI is InChI=1S/C47H38N4/c1-2-16-34-30-40-38-25-12-13-28-44(38)51(37-23-10-5-11-24-37)46(40)39-26-15-27-41(45(34)39)48-36-22-14-21-35(29-36)47-49-42(32-17-6-3-7-18-32)31-43(50-47)33-19-8-4-9-20-33/h2-3,5-8,10-31,38,44,48H,4,9H2,1H3/b16-2-. The molecule has 51 heavy (non-hydrogen) atoms. The van der Waals surface area contributed by atoms with Gasteiger partial charge in [-0.1, -0.05) is 127 Å². The molecule has 0 amide bonds. The number of aromatic nitrogens is 2. The Morgan fingerprint density at radius 2 is 1.53 bits per heavy atom. The second-order valence-corrected chi connectivity index (χ2v) is 13.3. The summed E-state index contributed by atoms with van der Waals surface area (Å²) in [5, 5.41) is 6.27. The topological polar surface area (TPSA) is 41.1 Å². The first-order valence-corrected chi connectivity index (χ1v) is 17.9. The van der Waals surface area contributed by atoms with E-state index in [4.69, 9.17) is 9.97 Å². The van der Waals surface area contributed by atoms with E-state index in [-0.39, 0.29) is 12.0 Å². The monoisotopic (exact) mass is 658 g/mol. The van der Waals surface area contributed by atoms with Crippen LogP contribution in [-0.2, 0) is 0 Å². The largest absolute Gasteiger partial charge is 0.355 e. The Morgan fingerprint density at radius 3 is 2.35 bits per heavy atom. The highest BCUT2D eigenvalue weighted by Crippen LogP contribution is 2.52. The van der Waals surface area contributed by atoms with E-state index in [0.717, 1.165) is 52.3 Å². The molecule has 1 aromatic heterocycles. The van der Waals surface area contributed by atoms with Crippen molar-refractivity contribution in [3.05, 3.63) is 181 Å². The van der Waals surface area contributed by atoms with Crippen molar-refractivity contribution in [1.29, 1.82) is 0 Å². The zero-order valence-corrected chi connectivity index (χ0v) is 28.6. The van der Waals surface area contributed by atoms with Crippen LogP contribution in [0.4, 0.5) is 22.7 Å². The number of hydrogen-bond donors (Lipinski definition) is 1. The lowest BCUT2D eigenvalue weighted by Crippen LogP contribution is -2.28. The maximum Gasteiger partial charge on any atom is 0.160 e.